The molecule has 4 heteroatoms. The first-order valence-electron chi connectivity index (χ1n) is 7.31. The van der Waals surface area contributed by atoms with Gasteiger partial charge in [-0.3, -0.25) is 4.79 Å². The smallest absolute Gasteiger partial charge is 0.314 e. The highest BCUT2D eigenvalue weighted by molar-refractivity contribution is 5.85. The van der Waals surface area contributed by atoms with Crippen molar-refractivity contribution in [1.29, 1.82) is 0 Å². The van der Waals surface area contributed by atoms with E-state index in [0.29, 0.717) is 5.75 Å². The summed E-state index contributed by atoms with van der Waals surface area (Å²) in [6.07, 6.45) is 7.08. The lowest BCUT2D eigenvalue weighted by atomic mass is 9.86. The largest absolute Gasteiger partial charge is 0.426 e. The molecule has 110 valence electrons. The molecule has 2 N–H and O–H groups in total. The van der Waals surface area contributed by atoms with Gasteiger partial charge < -0.3 is 10.5 Å². The molecule has 0 aliphatic heterocycles. The number of carbonyl (C=O) groups is 1. The van der Waals surface area contributed by atoms with Crippen LogP contribution in [0.3, 0.4) is 0 Å². The molecule has 3 nitrogen and oxygen atoms in total. The molecule has 2 aliphatic carbocycles. The summed E-state index contributed by atoms with van der Waals surface area (Å²) in [6.45, 7) is 0. The van der Waals surface area contributed by atoms with Crippen LogP contribution in [0.4, 0.5) is 0 Å². The lowest BCUT2D eigenvalue weighted by molar-refractivity contribution is -0.140. The van der Waals surface area contributed by atoms with Gasteiger partial charge in [-0.05, 0) is 68.2 Å². The molecule has 1 saturated carbocycles. The Bertz CT molecular complexity index is 481. The molecule has 0 amide bonds. The Labute approximate surface area is 126 Å². The fourth-order valence-corrected chi connectivity index (χ4v) is 3.17. The average Bonchev–Trinajstić information content (AvgIpc) is 2.87. The Balaban J connectivity index is 0.00000147. The maximum absolute atomic E-state index is 12.1. The van der Waals surface area contributed by atoms with E-state index in [1.54, 1.807) is 0 Å². The van der Waals surface area contributed by atoms with Crippen LogP contribution in [0.15, 0.2) is 18.2 Å². The fraction of sp³-hybridized carbons (Fsp3) is 0.562. The van der Waals surface area contributed by atoms with Crippen LogP contribution in [-0.4, -0.2) is 12.0 Å². The molecule has 0 heterocycles. The van der Waals surface area contributed by atoms with E-state index in [4.69, 9.17) is 10.5 Å². The number of nitrogens with two attached hydrogens (primary N) is 1. The Hall–Kier alpha value is -1.06. The number of aryl methyl sites for hydroxylation is 2. The van der Waals surface area contributed by atoms with E-state index in [1.807, 2.05) is 12.1 Å². The molecule has 0 radical (unpaired) electrons. The molecule has 3 rings (SSSR count). The van der Waals surface area contributed by atoms with Gasteiger partial charge in [0.2, 0.25) is 0 Å². The molecule has 1 fully saturated rings. The van der Waals surface area contributed by atoms with E-state index in [9.17, 15) is 4.79 Å². The summed E-state index contributed by atoms with van der Waals surface area (Å²) in [5, 5.41) is 0. The number of esters is 1. The highest BCUT2D eigenvalue weighted by Crippen LogP contribution is 2.28. The molecule has 0 spiro atoms. The van der Waals surface area contributed by atoms with E-state index < -0.39 is 0 Å². The lowest BCUT2D eigenvalue weighted by Gasteiger charge is -2.24. The van der Waals surface area contributed by atoms with Crippen molar-refractivity contribution in [2.24, 2.45) is 11.7 Å². The summed E-state index contributed by atoms with van der Waals surface area (Å²) >= 11 is 0. The third-order valence-electron chi connectivity index (χ3n) is 4.39. The van der Waals surface area contributed by atoms with Gasteiger partial charge in [-0.25, -0.2) is 0 Å². The number of halogens is 1. The molecule has 1 aromatic carbocycles. The summed E-state index contributed by atoms with van der Waals surface area (Å²) in [6, 6.07) is 6.33. The van der Waals surface area contributed by atoms with Gasteiger partial charge in [0.05, 0.1) is 5.92 Å². The standard InChI is InChI=1S/C16H21NO2.ClH/c17-14-7-4-12(5-8-14)16(18)19-15-9-6-11-2-1-3-13(11)10-15;/h6,9-10,12,14H,1-5,7-8,17H2;1H. The topological polar surface area (TPSA) is 52.3 Å². The Morgan fingerprint density at radius 3 is 2.55 bits per heavy atom. The zero-order valence-electron chi connectivity index (χ0n) is 11.6. The monoisotopic (exact) mass is 295 g/mol. The molecule has 20 heavy (non-hydrogen) atoms. The number of hydrogen-bond donors (Lipinski definition) is 1. The minimum atomic E-state index is -0.0788. The zero-order valence-corrected chi connectivity index (χ0v) is 12.5. The first-order valence-corrected chi connectivity index (χ1v) is 7.31. The average molecular weight is 296 g/mol. The molecule has 0 atom stereocenters. The molecule has 0 unspecified atom stereocenters. The Morgan fingerprint density at radius 2 is 1.80 bits per heavy atom. The second kappa shape index (κ2) is 6.59. The minimum absolute atomic E-state index is 0. The molecular formula is C16H22ClNO2. The fourth-order valence-electron chi connectivity index (χ4n) is 3.17. The van der Waals surface area contributed by atoms with Crippen LogP contribution in [0.5, 0.6) is 5.75 Å². The van der Waals surface area contributed by atoms with Crippen molar-refractivity contribution >= 4 is 18.4 Å². The molecule has 0 aromatic heterocycles. The van der Waals surface area contributed by atoms with Crippen molar-refractivity contribution in [2.75, 3.05) is 0 Å². The lowest BCUT2D eigenvalue weighted by Crippen LogP contribution is -2.31. The van der Waals surface area contributed by atoms with Crippen LogP contribution in [-0.2, 0) is 17.6 Å². The number of carbonyl (C=O) groups excluding carboxylic acids is 1. The van der Waals surface area contributed by atoms with Crippen LogP contribution in [0.2, 0.25) is 0 Å². The van der Waals surface area contributed by atoms with Gasteiger partial charge in [-0.2, -0.15) is 0 Å². The van der Waals surface area contributed by atoms with Gasteiger partial charge in [0.1, 0.15) is 5.75 Å². The number of rotatable bonds is 2. The van der Waals surface area contributed by atoms with Gasteiger partial charge in [-0.1, -0.05) is 6.07 Å². The van der Waals surface area contributed by atoms with Crippen molar-refractivity contribution in [3.8, 4) is 5.75 Å². The van der Waals surface area contributed by atoms with E-state index >= 15 is 0 Å². The quantitative estimate of drug-likeness (QED) is 0.674. The first-order chi connectivity index (χ1) is 9.22. The number of fused-ring (bicyclic) bond motifs is 1. The summed E-state index contributed by atoms with van der Waals surface area (Å²) in [4.78, 5) is 12.1. The molecule has 0 bridgehead atoms. The van der Waals surface area contributed by atoms with Crippen LogP contribution in [0, 0.1) is 5.92 Å². The van der Waals surface area contributed by atoms with Crippen LogP contribution < -0.4 is 10.5 Å². The van der Waals surface area contributed by atoms with Gasteiger partial charge >= 0.3 is 5.97 Å². The number of ether oxygens (including phenoxy) is 1. The van der Waals surface area contributed by atoms with Crippen LogP contribution >= 0.6 is 12.4 Å². The maximum atomic E-state index is 12.1. The van der Waals surface area contributed by atoms with Crippen molar-refractivity contribution in [1.82, 2.24) is 0 Å². The van der Waals surface area contributed by atoms with E-state index in [1.165, 1.54) is 17.5 Å². The summed E-state index contributed by atoms with van der Waals surface area (Å²) in [7, 11) is 0. The normalized spacial score (nSPS) is 24.6. The third-order valence-corrected chi connectivity index (χ3v) is 4.39. The minimum Gasteiger partial charge on any atom is -0.426 e. The van der Waals surface area contributed by atoms with Crippen molar-refractivity contribution in [3.63, 3.8) is 0 Å². The van der Waals surface area contributed by atoms with Crippen LogP contribution in [0.1, 0.15) is 43.2 Å². The van der Waals surface area contributed by atoms with Crippen molar-refractivity contribution < 1.29 is 9.53 Å². The summed E-state index contributed by atoms with van der Waals surface area (Å²) in [5.41, 5.74) is 8.61. The number of hydrogen-bond acceptors (Lipinski definition) is 3. The zero-order chi connectivity index (χ0) is 13.2. The van der Waals surface area contributed by atoms with Gasteiger partial charge in [-0.15, -0.1) is 12.4 Å². The van der Waals surface area contributed by atoms with E-state index in [0.717, 1.165) is 38.5 Å². The Kier molecular flexibility index (Phi) is 5.06. The molecule has 2 aliphatic rings. The van der Waals surface area contributed by atoms with Crippen LogP contribution in [0.25, 0.3) is 0 Å². The highest BCUT2D eigenvalue weighted by Gasteiger charge is 2.26. The SMILES string of the molecule is Cl.NC1CCC(C(=O)Oc2ccc3c(c2)CCC3)CC1. The predicted molar refractivity (Wildman–Crippen MR) is 81.3 cm³/mol. The Morgan fingerprint density at radius 1 is 1.10 bits per heavy atom. The first kappa shape index (κ1) is 15.3. The highest BCUT2D eigenvalue weighted by atomic mass is 35.5. The summed E-state index contributed by atoms with van der Waals surface area (Å²) in [5.74, 6) is 0.665. The second-order valence-electron chi connectivity index (χ2n) is 5.82. The number of benzene rings is 1. The van der Waals surface area contributed by atoms with Gasteiger partial charge in [0.15, 0.2) is 0 Å². The second-order valence-corrected chi connectivity index (χ2v) is 5.82. The van der Waals surface area contributed by atoms with E-state index in [2.05, 4.69) is 6.07 Å². The molecule has 0 saturated heterocycles. The van der Waals surface area contributed by atoms with E-state index in [-0.39, 0.29) is 30.3 Å². The van der Waals surface area contributed by atoms with Gasteiger partial charge in [0, 0.05) is 6.04 Å². The molecule has 1 aromatic rings. The van der Waals surface area contributed by atoms with Gasteiger partial charge in [0.25, 0.3) is 0 Å². The van der Waals surface area contributed by atoms with Crippen molar-refractivity contribution in [2.45, 2.75) is 51.0 Å². The molecular weight excluding hydrogens is 274 g/mol. The predicted octanol–water partition coefficient (Wildman–Crippen LogP) is 3.02. The van der Waals surface area contributed by atoms with Crippen molar-refractivity contribution in [3.05, 3.63) is 29.3 Å². The summed E-state index contributed by atoms with van der Waals surface area (Å²) < 4.78 is 5.53. The third kappa shape index (κ3) is 3.33. The maximum Gasteiger partial charge on any atom is 0.314 e.